The monoisotopic (exact) mass is 498 g/mol. The van der Waals surface area contributed by atoms with Gasteiger partial charge in [-0.25, -0.2) is 14.2 Å². The van der Waals surface area contributed by atoms with Gasteiger partial charge in [0.25, 0.3) is 0 Å². The molecule has 2 heterocycles. The van der Waals surface area contributed by atoms with E-state index in [1.54, 1.807) is 53.6 Å². The van der Waals surface area contributed by atoms with E-state index in [9.17, 15) is 27.2 Å². The topological polar surface area (TPSA) is 115 Å². The number of aromatic nitrogens is 3. The van der Waals surface area contributed by atoms with Crippen LogP contribution in [0.1, 0.15) is 21.5 Å². The molecule has 0 unspecified atom stereocenters. The number of carbonyl (C=O) groups is 2. The van der Waals surface area contributed by atoms with Crippen molar-refractivity contribution in [3.05, 3.63) is 95.8 Å². The number of nitrogens with one attached hydrogen (secondary N) is 2. The molecule has 4 rings (SSSR count). The third-order valence-corrected chi connectivity index (χ3v) is 5.20. The van der Waals surface area contributed by atoms with Crippen LogP contribution in [0.5, 0.6) is 0 Å². The lowest BCUT2D eigenvalue weighted by molar-refractivity contribution is -0.137. The average molecular weight is 498 g/mol. The van der Waals surface area contributed by atoms with Gasteiger partial charge < -0.3 is 16.4 Å². The standard InChI is InChI=1S/C24H18F4N6O2/c25-19-4-2-16(24(26,27)28)11-20(19)33-23(36)32-13-15-1-3-17(12-18(15)21(29)35)34-10-9-31-22(34)14-5-7-30-8-6-14/h1-12H,13H2,(H2,29,35)(H2,32,33,36). The van der Waals surface area contributed by atoms with E-state index in [4.69, 9.17) is 5.73 Å². The Labute approximate surface area is 201 Å². The zero-order chi connectivity index (χ0) is 25.9. The van der Waals surface area contributed by atoms with Crippen LogP contribution in [-0.4, -0.2) is 26.5 Å². The SMILES string of the molecule is NC(=O)c1cc(-n2ccnc2-c2ccncc2)ccc1CNC(=O)Nc1cc(C(F)(F)F)ccc1F. The van der Waals surface area contributed by atoms with Gasteiger partial charge in [-0.3, -0.25) is 14.3 Å². The van der Waals surface area contributed by atoms with Crippen molar-refractivity contribution in [2.24, 2.45) is 5.73 Å². The molecule has 2 aromatic heterocycles. The van der Waals surface area contributed by atoms with Crippen molar-refractivity contribution < 1.29 is 27.2 Å². The van der Waals surface area contributed by atoms with Crippen molar-refractivity contribution in [3.63, 3.8) is 0 Å². The molecule has 184 valence electrons. The van der Waals surface area contributed by atoms with Gasteiger partial charge in [0.2, 0.25) is 5.91 Å². The van der Waals surface area contributed by atoms with Gasteiger partial charge in [0.05, 0.1) is 11.3 Å². The predicted octanol–water partition coefficient (Wildman–Crippen LogP) is 4.51. The number of urea groups is 1. The lowest BCUT2D eigenvalue weighted by Gasteiger charge is -2.14. The summed E-state index contributed by atoms with van der Waals surface area (Å²) in [7, 11) is 0. The molecule has 4 N–H and O–H groups in total. The highest BCUT2D eigenvalue weighted by Gasteiger charge is 2.31. The van der Waals surface area contributed by atoms with Crippen molar-refractivity contribution in [1.82, 2.24) is 19.9 Å². The van der Waals surface area contributed by atoms with Gasteiger partial charge in [0.15, 0.2) is 0 Å². The Balaban J connectivity index is 1.52. The van der Waals surface area contributed by atoms with Crippen LogP contribution < -0.4 is 16.4 Å². The molecule has 8 nitrogen and oxygen atoms in total. The van der Waals surface area contributed by atoms with Gasteiger partial charge in [-0.2, -0.15) is 13.2 Å². The van der Waals surface area contributed by atoms with Crippen LogP contribution in [-0.2, 0) is 12.7 Å². The number of alkyl halides is 3. The molecule has 0 spiro atoms. The van der Waals surface area contributed by atoms with E-state index in [2.05, 4.69) is 15.3 Å². The van der Waals surface area contributed by atoms with E-state index in [-0.39, 0.29) is 12.1 Å². The first-order chi connectivity index (χ1) is 17.1. The first-order valence-electron chi connectivity index (χ1n) is 10.4. The van der Waals surface area contributed by atoms with Crippen LogP contribution in [0.2, 0.25) is 0 Å². The lowest BCUT2D eigenvalue weighted by Crippen LogP contribution is -2.30. The van der Waals surface area contributed by atoms with Crippen molar-refractivity contribution >= 4 is 17.6 Å². The summed E-state index contributed by atoms with van der Waals surface area (Å²) in [5.41, 5.74) is 5.60. The quantitative estimate of drug-likeness (QED) is 0.339. The number of hydrogen-bond acceptors (Lipinski definition) is 4. The van der Waals surface area contributed by atoms with Gasteiger partial charge in [0, 0.05) is 48.1 Å². The number of halogens is 4. The molecule has 12 heteroatoms. The molecule has 0 bridgehead atoms. The Morgan fingerprint density at radius 3 is 2.44 bits per heavy atom. The highest BCUT2D eigenvalue weighted by atomic mass is 19.4. The van der Waals surface area contributed by atoms with E-state index in [1.807, 2.05) is 5.32 Å². The number of rotatable bonds is 6. The molecule has 2 aromatic carbocycles. The summed E-state index contributed by atoms with van der Waals surface area (Å²) in [6.45, 7) is -0.202. The molecular formula is C24H18F4N6O2. The largest absolute Gasteiger partial charge is 0.416 e. The minimum absolute atomic E-state index is 0.104. The number of nitrogens with two attached hydrogens (primary N) is 1. The number of imidazole rings is 1. The molecular weight excluding hydrogens is 480 g/mol. The van der Waals surface area contributed by atoms with E-state index < -0.39 is 35.2 Å². The zero-order valence-corrected chi connectivity index (χ0v) is 18.4. The maximum absolute atomic E-state index is 13.9. The van der Waals surface area contributed by atoms with Crippen molar-refractivity contribution in [2.45, 2.75) is 12.7 Å². The molecule has 0 fully saturated rings. The van der Waals surface area contributed by atoms with Gasteiger partial charge in [-0.05, 0) is 48.0 Å². The molecule has 0 saturated carbocycles. The minimum Gasteiger partial charge on any atom is -0.366 e. The van der Waals surface area contributed by atoms with Crippen LogP contribution in [0.4, 0.5) is 28.0 Å². The molecule has 0 aliphatic heterocycles. The summed E-state index contributed by atoms with van der Waals surface area (Å²) >= 11 is 0. The fourth-order valence-electron chi connectivity index (χ4n) is 3.46. The van der Waals surface area contributed by atoms with Crippen molar-refractivity contribution in [1.29, 1.82) is 0 Å². The van der Waals surface area contributed by atoms with Gasteiger partial charge in [-0.1, -0.05) is 6.07 Å². The summed E-state index contributed by atoms with van der Waals surface area (Å²) in [6, 6.07) is 9.02. The maximum atomic E-state index is 13.9. The molecule has 4 aromatic rings. The van der Waals surface area contributed by atoms with Crippen molar-refractivity contribution in [3.8, 4) is 17.1 Å². The van der Waals surface area contributed by atoms with Gasteiger partial charge in [-0.15, -0.1) is 0 Å². The molecule has 0 radical (unpaired) electrons. The second-order valence-electron chi connectivity index (χ2n) is 7.56. The van der Waals surface area contributed by atoms with E-state index in [0.29, 0.717) is 35.3 Å². The minimum atomic E-state index is -4.70. The molecule has 0 aliphatic rings. The number of carbonyl (C=O) groups excluding carboxylic acids is 2. The Bertz CT molecular complexity index is 1420. The number of benzene rings is 2. The number of hydrogen-bond donors (Lipinski definition) is 3. The third kappa shape index (κ3) is 5.32. The molecule has 36 heavy (non-hydrogen) atoms. The maximum Gasteiger partial charge on any atom is 0.416 e. The normalized spacial score (nSPS) is 11.2. The summed E-state index contributed by atoms with van der Waals surface area (Å²) in [5.74, 6) is -1.20. The Morgan fingerprint density at radius 1 is 1.00 bits per heavy atom. The molecule has 0 atom stereocenters. The molecule has 3 amide bonds. The van der Waals surface area contributed by atoms with Crippen LogP contribution in [0.3, 0.4) is 0 Å². The predicted molar refractivity (Wildman–Crippen MR) is 123 cm³/mol. The Morgan fingerprint density at radius 2 is 1.75 bits per heavy atom. The summed E-state index contributed by atoms with van der Waals surface area (Å²) in [5, 5.41) is 4.43. The van der Waals surface area contributed by atoms with Gasteiger partial charge in [0.1, 0.15) is 11.6 Å². The third-order valence-electron chi connectivity index (χ3n) is 5.20. The van der Waals surface area contributed by atoms with E-state index in [0.717, 1.165) is 5.56 Å². The fourth-order valence-corrected chi connectivity index (χ4v) is 3.46. The second-order valence-corrected chi connectivity index (χ2v) is 7.56. The summed E-state index contributed by atoms with van der Waals surface area (Å²) < 4.78 is 54.3. The number of nitrogens with zero attached hydrogens (tertiary/aromatic N) is 3. The molecule has 0 saturated heterocycles. The highest BCUT2D eigenvalue weighted by Crippen LogP contribution is 2.31. The fraction of sp³-hybridized carbons (Fsp3) is 0.0833. The average Bonchev–Trinajstić information content (AvgIpc) is 3.34. The second kappa shape index (κ2) is 9.86. The van der Waals surface area contributed by atoms with E-state index in [1.165, 1.54) is 6.07 Å². The smallest absolute Gasteiger partial charge is 0.366 e. The molecule has 0 aliphatic carbocycles. The van der Waals surface area contributed by atoms with E-state index >= 15 is 0 Å². The highest BCUT2D eigenvalue weighted by molar-refractivity contribution is 5.95. The van der Waals surface area contributed by atoms with Crippen LogP contribution in [0.25, 0.3) is 17.1 Å². The van der Waals surface area contributed by atoms with Crippen LogP contribution in [0, 0.1) is 5.82 Å². The first kappa shape index (κ1) is 24.4. The number of pyridine rings is 1. The summed E-state index contributed by atoms with van der Waals surface area (Å²) in [4.78, 5) is 32.7. The number of anilines is 1. The first-order valence-corrected chi connectivity index (χ1v) is 10.4. The number of amides is 3. The summed E-state index contributed by atoms with van der Waals surface area (Å²) in [6.07, 6.45) is 1.82. The number of primary amides is 1. The zero-order valence-electron chi connectivity index (χ0n) is 18.4. The Hall–Kier alpha value is -4.74. The van der Waals surface area contributed by atoms with Gasteiger partial charge >= 0.3 is 12.2 Å². The van der Waals surface area contributed by atoms with Crippen LogP contribution in [0.15, 0.2) is 73.3 Å². The lowest BCUT2D eigenvalue weighted by atomic mass is 10.1. The van der Waals surface area contributed by atoms with Crippen molar-refractivity contribution in [2.75, 3.05) is 5.32 Å². The van der Waals surface area contributed by atoms with Crippen LogP contribution >= 0.6 is 0 Å². The Kier molecular flexibility index (Phi) is 6.68.